The Bertz CT molecular complexity index is 731. The molecule has 1 aromatic carbocycles. The van der Waals surface area contributed by atoms with Crippen LogP contribution in [0.3, 0.4) is 0 Å². The molecule has 0 saturated carbocycles. The number of guanidine groups is 1. The number of halogens is 1. The Labute approximate surface area is 192 Å². The van der Waals surface area contributed by atoms with Gasteiger partial charge in [-0.15, -0.1) is 24.0 Å². The Morgan fingerprint density at radius 1 is 1.24 bits per heavy atom. The summed E-state index contributed by atoms with van der Waals surface area (Å²) in [5, 5.41) is 6.76. The van der Waals surface area contributed by atoms with Crippen LogP contribution in [0.2, 0.25) is 0 Å². The van der Waals surface area contributed by atoms with Crippen molar-refractivity contribution in [2.45, 2.75) is 37.6 Å². The van der Waals surface area contributed by atoms with Crippen LogP contribution in [0.25, 0.3) is 0 Å². The van der Waals surface area contributed by atoms with Crippen molar-refractivity contribution in [3.8, 4) is 5.75 Å². The van der Waals surface area contributed by atoms with Gasteiger partial charge in [0.25, 0.3) is 0 Å². The van der Waals surface area contributed by atoms with Gasteiger partial charge in [-0.3, -0.25) is 4.99 Å². The largest absolute Gasteiger partial charge is 0.492 e. The number of ether oxygens (including phenoxy) is 1. The van der Waals surface area contributed by atoms with Crippen molar-refractivity contribution in [3.63, 3.8) is 0 Å². The average molecular weight is 538 g/mol. The lowest BCUT2D eigenvalue weighted by molar-refractivity contribution is 0.186. The average Bonchev–Trinajstić information content (AvgIpc) is 2.65. The minimum absolute atomic E-state index is 0. The number of piperidine rings is 1. The topological polar surface area (TPSA) is 83.0 Å². The molecule has 0 bridgehead atoms. The van der Waals surface area contributed by atoms with E-state index in [1.165, 1.54) is 12.8 Å². The van der Waals surface area contributed by atoms with Crippen molar-refractivity contribution in [1.29, 1.82) is 0 Å². The highest BCUT2D eigenvalue weighted by molar-refractivity contribution is 14.0. The van der Waals surface area contributed by atoms with Gasteiger partial charge in [0.15, 0.2) is 15.8 Å². The Hall–Kier alpha value is -1.07. The van der Waals surface area contributed by atoms with Crippen molar-refractivity contribution in [2.75, 3.05) is 46.1 Å². The quantitative estimate of drug-likeness (QED) is 0.229. The molecule has 0 amide bonds. The minimum Gasteiger partial charge on any atom is -0.492 e. The Morgan fingerprint density at radius 2 is 1.86 bits per heavy atom. The molecule has 7 nitrogen and oxygen atoms in total. The van der Waals surface area contributed by atoms with E-state index in [0.29, 0.717) is 35.8 Å². The lowest BCUT2D eigenvalue weighted by Gasteiger charge is -2.33. The molecule has 0 radical (unpaired) electrons. The first kappa shape index (κ1) is 26.0. The number of nitrogens with one attached hydrogen (secondary N) is 2. The van der Waals surface area contributed by atoms with Crippen molar-refractivity contribution < 1.29 is 13.2 Å². The van der Waals surface area contributed by atoms with Gasteiger partial charge >= 0.3 is 0 Å². The van der Waals surface area contributed by atoms with Crippen molar-refractivity contribution in [2.24, 2.45) is 10.9 Å². The van der Waals surface area contributed by atoms with E-state index in [-0.39, 0.29) is 24.0 Å². The van der Waals surface area contributed by atoms with Crippen LogP contribution >= 0.6 is 24.0 Å². The number of hydrogen-bond donors (Lipinski definition) is 2. The number of aliphatic imine (C=N–C) groups is 1. The van der Waals surface area contributed by atoms with E-state index in [9.17, 15) is 8.42 Å². The summed E-state index contributed by atoms with van der Waals surface area (Å²) in [5.41, 5.74) is 0. The van der Waals surface area contributed by atoms with Crippen LogP contribution in [0, 0.1) is 5.92 Å². The maximum atomic E-state index is 11.5. The number of nitrogens with zero attached hydrogens (tertiary/aromatic N) is 2. The predicted molar refractivity (Wildman–Crippen MR) is 129 cm³/mol. The SMILES string of the molecule is CN=C(NCCOc1ccc(S(C)(=O)=O)cc1)NC1CCN(CC(C)C)CC1.I. The molecule has 1 fully saturated rings. The second kappa shape index (κ2) is 12.6. The molecule has 2 rings (SSSR count). The number of sulfone groups is 1. The Balaban J connectivity index is 0.00000420. The standard InChI is InChI=1S/C20H34N4O3S.HI/c1-16(2)15-24-12-9-17(10-13-24)23-20(21-3)22-11-14-27-18-5-7-19(8-6-18)28(4,25)26;/h5-8,16-17H,9-15H2,1-4H3,(H2,21,22,23);1H. The zero-order valence-electron chi connectivity index (χ0n) is 17.8. The zero-order chi connectivity index (χ0) is 20.6. The fraction of sp³-hybridized carbons (Fsp3) is 0.650. The minimum atomic E-state index is -3.18. The van der Waals surface area contributed by atoms with E-state index in [1.807, 2.05) is 0 Å². The third-order valence-corrected chi connectivity index (χ3v) is 5.82. The molecule has 0 atom stereocenters. The summed E-state index contributed by atoms with van der Waals surface area (Å²) in [6, 6.07) is 6.91. The lowest BCUT2D eigenvalue weighted by Crippen LogP contribution is -2.49. The maximum Gasteiger partial charge on any atom is 0.191 e. The van der Waals surface area contributed by atoms with Crippen LogP contribution in [0.1, 0.15) is 26.7 Å². The molecule has 1 aromatic rings. The fourth-order valence-electron chi connectivity index (χ4n) is 3.29. The summed E-state index contributed by atoms with van der Waals surface area (Å²) in [7, 11) is -1.41. The molecule has 1 heterocycles. The molecule has 1 aliphatic heterocycles. The summed E-state index contributed by atoms with van der Waals surface area (Å²) in [4.78, 5) is 7.11. The Morgan fingerprint density at radius 3 is 2.38 bits per heavy atom. The lowest BCUT2D eigenvalue weighted by atomic mass is 10.0. The molecule has 0 spiro atoms. The molecule has 29 heavy (non-hydrogen) atoms. The van der Waals surface area contributed by atoms with Gasteiger partial charge in [0.05, 0.1) is 11.4 Å². The third-order valence-electron chi connectivity index (χ3n) is 4.69. The van der Waals surface area contributed by atoms with Gasteiger partial charge in [0, 0.05) is 39.0 Å². The summed E-state index contributed by atoms with van der Waals surface area (Å²) < 4.78 is 28.6. The second-order valence-electron chi connectivity index (χ2n) is 7.70. The van der Waals surface area contributed by atoms with E-state index < -0.39 is 9.84 Å². The van der Waals surface area contributed by atoms with Crippen LogP contribution in [0.15, 0.2) is 34.2 Å². The first-order chi connectivity index (χ1) is 13.3. The highest BCUT2D eigenvalue weighted by Crippen LogP contribution is 2.15. The molecule has 0 aromatic heterocycles. The molecule has 1 aliphatic rings. The highest BCUT2D eigenvalue weighted by Gasteiger charge is 2.20. The van der Waals surface area contributed by atoms with E-state index in [1.54, 1.807) is 31.3 Å². The molecule has 9 heteroatoms. The second-order valence-corrected chi connectivity index (χ2v) is 9.72. The number of likely N-dealkylation sites (tertiary alicyclic amines) is 1. The zero-order valence-corrected chi connectivity index (χ0v) is 21.0. The van der Waals surface area contributed by atoms with Gasteiger partial charge in [-0.2, -0.15) is 0 Å². The van der Waals surface area contributed by atoms with Gasteiger partial charge in [-0.25, -0.2) is 8.42 Å². The van der Waals surface area contributed by atoms with E-state index in [4.69, 9.17) is 4.74 Å². The van der Waals surface area contributed by atoms with Crippen molar-refractivity contribution in [1.82, 2.24) is 15.5 Å². The normalized spacial score (nSPS) is 16.4. The van der Waals surface area contributed by atoms with E-state index >= 15 is 0 Å². The molecule has 1 saturated heterocycles. The van der Waals surface area contributed by atoms with Crippen LogP contribution in [-0.4, -0.2) is 71.4 Å². The number of benzene rings is 1. The number of rotatable bonds is 8. The molecule has 0 unspecified atom stereocenters. The Kier molecular flexibility index (Phi) is 11.3. The predicted octanol–water partition coefficient (Wildman–Crippen LogP) is 2.37. The summed E-state index contributed by atoms with van der Waals surface area (Å²) in [5.74, 6) is 2.15. The van der Waals surface area contributed by atoms with Crippen LogP contribution < -0.4 is 15.4 Å². The summed E-state index contributed by atoms with van der Waals surface area (Å²) in [6.45, 7) is 9.02. The van der Waals surface area contributed by atoms with Gasteiger partial charge < -0.3 is 20.3 Å². The monoisotopic (exact) mass is 538 g/mol. The molecule has 0 aliphatic carbocycles. The van der Waals surface area contributed by atoms with Crippen molar-refractivity contribution >= 4 is 39.8 Å². The first-order valence-electron chi connectivity index (χ1n) is 9.90. The van der Waals surface area contributed by atoms with E-state index in [0.717, 1.165) is 31.9 Å². The summed E-state index contributed by atoms with van der Waals surface area (Å²) >= 11 is 0. The van der Waals surface area contributed by atoms with Gasteiger partial charge in [0.1, 0.15) is 12.4 Å². The first-order valence-corrected chi connectivity index (χ1v) is 11.8. The van der Waals surface area contributed by atoms with Gasteiger partial charge in [0.2, 0.25) is 0 Å². The fourth-order valence-corrected chi connectivity index (χ4v) is 3.92. The third kappa shape index (κ3) is 9.52. The van der Waals surface area contributed by atoms with E-state index in [2.05, 4.69) is 34.4 Å². The smallest absolute Gasteiger partial charge is 0.191 e. The van der Waals surface area contributed by atoms with Crippen LogP contribution in [0.5, 0.6) is 5.75 Å². The summed E-state index contributed by atoms with van der Waals surface area (Å²) in [6.07, 6.45) is 3.44. The molecule has 166 valence electrons. The molecule has 2 N–H and O–H groups in total. The van der Waals surface area contributed by atoms with Gasteiger partial charge in [-0.05, 0) is 43.0 Å². The number of hydrogen-bond acceptors (Lipinski definition) is 5. The van der Waals surface area contributed by atoms with Gasteiger partial charge in [-0.1, -0.05) is 13.8 Å². The van der Waals surface area contributed by atoms with Crippen molar-refractivity contribution in [3.05, 3.63) is 24.3 Å². The maximum absolute atomic E-state index is 11.5. The van der Waals surface area contributed by atoms with Crippen LogP contribution in [-0.2, 0) is 9.84 Å². The molecular formula is C20H35IN4O3S. The molecular weight excluding hydrogens is 503 g/mol. The van der Waals surface area contributed by atoms with Crippen LogP contribution in [0.4, 0.5) is 0 Å². The highest BCUT2D eigenvalue weighted by atomic mass is 127.